The van der Waals surface area contributed by atoms with Gasteiger partial charge in [-0.15, -0.1) is 0 Å². The van der Waals surface area contributed by atoms with E-state index in [1.54, 1.807) is 12.1 Å². The van der Waals surface area contributed by atoms with Gasteiger partial charge in [-0.2, -0.15) is 0 Å². The Balaban J connectivity index is 1.60. The molecular weight excluding hydrogens is 333 g/mol. The summed E-state index contributed by atoms with van der Waals surface area (Å²) in [6, 6.07) is 9.19. The second kappa shape index (κ2) is 6.43. The molecular formula is C16H17BrFN3. The summed E-state index contributed by atoms with van der Waals surface area (Å²) in [5, 5.41) is 3.44. The Morgan fingerprint density at radius 1 is 1.14 bits per heavy atom. The lowest BCUT2D eigenvalue weighted by molar-refractivity contribution is 0.526. The maximum absolute atomic E-state index is 13.3. The van der Waals surface area contributed by atoms with Gasteiger partial charge in [-0.25, -0.2) is 4.39 Å². The number of halogens is 2. The van der Waals surface area contributed by atoms with Gasteiger partial charge in [0.05, 0.1) is 5.69 Å². The van der Waals surface area contributed by atoms with Gasteiger partial charge in [0.15, 0.2) is 0 Å². The van der Waals surface area contributed by atoms with Gasteiger partial charge < -0.3 is 10.2 Å². The lowest BCUT2D eigenvalue weighted by Gasteiger charge is -2.34. The van der Waals surface area contributed by atoms with E-state index in [-0.39, 0.29) is 5.82 Å². The average Bonchev–Trinajstić information content (AvgIpc) is 2.53. The zero-order valence-corrected chi connectivity index (χ0v) is 13.2. The molecule has 3 nitrogen and oxygen atoms in total. The molecule has 21 heavy (non-hydrogen) atoms. The van der Waals surface area contributed by atoms with E-state index in [1.807, 2.05) is 24.5 Å². The van der Waals surface area contributed by atoms with Crippen LogP contribution in [-0.4, -0.2) is 24.1 Å². The van der Waals surface area contributed by atoms with Gasteiger partial charge in [0.25, 0.3) is 0 Å². The topological polar surface area (TPSA) is 28.2 Å². The number of piperidine rings is 1. The second-order valence-corrected chi connectivity index (χ2v) is 6.09. The fraction of sp³-hybridized carbons (Fsp3) is 0.312. The minimum absolute atomic E-state index is 0.213. The highest BCUT2D eigenvalue weighted by Gasteiger charge is 2.19. The van der Waals surface area contributed by atoms with Crippen molar-refractivity contribution >= 4 is 27.3 Å². The summed E-state index contributed by atoms with van der Waals surface area (Å²) in [5.41, 5.74) is 2.05. The van der Waals surface area contributed by atoms with Crippen LogP contribution in [0.4, 0.5) is 15.8 Å². The van der Waals surface area contributed by atoms with Gasteiger partial charge in [-0.1, -0.05) is 0 Å². The van der Waals surface area contributed by atoms with E-state index in [4.69, 9.17) is 0 Å². The molecule has 2 heterocycles. The molecule has 0 amide bonds. The number of aromatic nitrogens is 1. The highest BCUT2D eigenvalue weighted by atomic mass is 79.9. The van der Waals surface area contributed by atoms with Crippen LogP contribution in [0.15, 0.2) is 47.2 Å². The molecule has 0 aliphatic carbocycles. The fourth-order valence-electron chi connectivity index (χ4n) is 2.66. The number of hydrogen-bond acceptors (Lipinski definition) is 3. The van der Waals surface area contributed by atoms with Crippen LogP contribution in [0.3, 0.4) is 0 Å². The van der Waals surface area contributed by atoms with E-state index in [0.29, 0.717) is 6.04 Å². The van der Waals surface area contributed by atoms with Crippen molar-refractivity contribution in [3.8, 4) is 0 Å². The Morgan fingerprint density at radius 3 is 2.57 bits per heavy atom. The standard InChI is InChI=1S/C16H17BrFN3/c17-15-2-1-12(18)11-16(15)20-13-5-9-21(10-6-13)14-3-7-19-8-4-14/h1-4,7-8,11,13,20H,5-6,9-10H2. The number of rotatable bonds is 3. The van der Waals surface area contributed by atoms with Crippen molar-refractivity contribution in [1.29, 1.82) is 0 Å². The molecule has 0 radical (unpaired) electrons. The molecule has 0 atom stereocenters. The van der Waals surface area contributed by atoms with Gasteiger partial charge in [0, 0.05) is 41.7 Å². The van der Waals surface area contributed by atoms with Gasteiger partial charge in [0.2, 0.25) is 0 Å². The predicted molar refractivity (Wildman–Crippen MR) is 87.2 cm³/mol. The minimum Gasteiger partial charge on any atom is -0.381 e. The Hall–Kier alpha value is -1.62. The van der Waals surface area contributed by atoms with Crippen LogP contribution in [0.5, 0.6) is 0 Å². The third kappa shape index (κ3) is 3.53. The van der Waals surface area contributed by atoms with Crippen molar-refractivity contribution in [3.05, 3.63) is 53.0 Å². The lowest BCUT2D eigenvalue weighted by atomic mass is 10.0. The van der Waals surface area contributed by atoms with Crippen LogP contribution in [-0.2, 0) is 0 Å². The van der Waals surface area contributed by atoms with E-state index >= 15 is 0 Å². The molecule has 1 aromatic heterocycles. The van der Waals surface area contributed by atoms with E-state index in [0.717, 1.165) is 36.1 Å². The van der Waals surface area contributed by atoms with E-state index in [9.17, 15) is 4.39 Å². The zero-order valence-electron chi connectivity index (χ0n) is 11.6. The molecule has 5 heteroatoms. The van der Waals surface area contributed by atoms with E-state index in [2.05, 4.69) is 31.1 Å². The normalized spacial score (nSPS) is 16.0. The van der Waals surface area contributed by atoms with Crippen LogP contribution >= 0.6 is 15.9 Å². The average molecular weight is 350 g/mol. The Labute approximate surface area is 132 Å². The van der Waals surface area contributed by atoms with Gasteiger partial charge in [0.1, 0.15) is 5.82 Å². The van der Waals surface area contributed by atoms with Gasteiger partial charge in [-0.3, -0.25) is 4.98 Å². The van der Waals surface area contributed by atoms with Gasteiger partial charge >= 0.3 is 0 Å². The molecule has 1 N–H and O–H groups in total. The van der Waals surface area contributed by atoms with Crippen molar-refractivity contribution in [2.45, 2.75) is 18.9 Å². The summed E-state index contributed by atoms with van der Waals surface area (Å²) in [7, 11) is 0. The molecule has 2 aromatic rings. The lowest BCUT2D eigenvalue weighted by Crippen LogP contribution is -2.39. The Morgan fingerprint density at radius 2 is 1.86 bits per heavy atom. The molecule has 0 saturated carbocycles. The second-order valence-electron chi connectivity index (χ2n) is 5.24. The highest BCUT2D eigenvalue weighted by Crippen LogP contribution is 2.27. The van der Waals surface area contributed by atoms with Crippen LogP contribution in [0.1, 0.15) is 12.8 Å². The predicted octanol–water partition coefficient (Wildman–Crippen LogP) is 4.06. The van der Waals surface area contributed by atoms with Crippen molar-refractivity contribution in [2.24, 2.45) is 0 Å². The summed E-state index contributed by atoms with van der Waals surface area (Å²) in [6.45, 7) is 1.99. The first-order chi connectivity index (χ1) is 10.2. The zero-order chi connectivity index (χ0) is 14.7. The molecule has 1 aliphatic rings. The van der Waals surface area contributed by atoms with E-state index in [1.165, 1.54) is 11.8 Å². The first kappa shape index (κ1) is 14.3. The van der Waals surface area contributed by atoms with Crippen molar-refractivity contribution in [2.75, 3.05) is 23.3 Å². The Kier molecular flexibility index (Phi) is 4.39. The van der Waals surface area contributed by atoms with Crippen LogP contribution in [0.25, 0.3) is 0 Å². The van der Waals surface area contributed by atoms with Crippen molar-refractivity contribution in [1.82, 2.24) is 4.98 Å². The number of benzene rings is 1. The maximum Gasteiger partial charge on any atom is 0.125 e. The van der Waals surface area contributed by atoms with E-state index < -0.39 is 0 Å². The summed E-state index contributed by atoms with van der Waals surface area (Å²) in [5.74, 6) is -0.213. The molecule has 0 unspecified atom stereocenters. The first-order valence-electron chi connectivity index (χ1n) is 7.09. The third-order valence-electron chi connectivity index (χ3n) is 3.81. The summed E-state index contributed by atoms with van der Waals surface area (Å²) in [6.07, 6.45) is 5.71. The first-order valence-corrected chi connectivity index (χ1v) is 7.88. The summed E-state index contributed by atoms with van der Waals surface area (Å²) in [4.78, 5) is 6.41. The largest absolute Gasteiger partial charge is 0.381 e. The summed E-state index contributed by atoms with van der Waals surface area (Å²) < 4.78 is 14.2. The van der Waals surface area contributed by atoms with Crippen molar-refractivity contribution in [3.63, 3.8) is 0 Å². The Bertz CT molecular complexity index is 598. The van der Waals surface area contributed by atoms with Crippen LogP contribution < -0.4 is 10.2 Å². The van der Waals surface area contributed by atoms with Crippen LogP contribution in [0, 0.1) is 5.82 Å². The fourth-order valence-corrected chi connectivity index (χ4v) is 3.03. The minimum atomic E-state index is -0.213. The molecule has 0 spiro atoms. The number of pyridine rings is 1. The molecule has 1 aliphatic heterocycles. The summed E-state index contributed by atoms with van der Waals surface area (Å²) >= 11 is 3.46. The third-order valence-corrected chi connectivity index (χ3v) is 4.50. The number of nitrogens with one attached hydrogen (secondary N) is 1. The molecule has 1 aromatic carbocycles. The molecule has 110 valence electrons. The molecule has 3 rings (SSSR count). The molecule has 1 saturated heterocycles. The number of anilines is 2. The molecule has 1 fully saturated rings. The monoisotopic (exact) mass is 349 g/mol. The number of hydrogen-bond donors (Lipinski definition) is 1. The highest BCUT2D eigenvalue weighted by molar-refractivity contribution is 9.10. The van der Waals surface area contributed by atoms with Gasteiger partial charge in [-0.05, 0) is 59.1 Å². The maximum atomic E-state index is 13.3. The molecule has 0 bridgehead atoms. The van der Waals surface area contributed by atoms with Crippen LogP contribution in [0.2, 0.25) is 0 Å². The quantitative estimate of drug-likeness (QED) is 0.905. The SMILES string of the molecule is Fc1ccc(Br)c(NC2CCN(c3ccncc3)CC2)c1. The smallest absolute Gasteiger partial charge is 0.125 e. The number of nitrogens with zero attached hydrogens (tertiary/aromatic N) is 2. The van der Waals surface area contributed by atoms with Crippen molar-refractivity contribution < 1.29 is 4.39 Å².